The van der Waals surface area contributed by atoms with E-state index in [4.69, 9.17) is 17.3 Å². The van der Waals surface area contributed by atoms with Crippen molar-refractivity contribution in [3.8, 4) is 0 Å². The van der Waals surface area contributed by atoms with Crippen LogP contribution in [0.3, 0.4) is 0 Å². The predicted molar refractivity (Wildman–Crippen MR) is 81.3 cm³/mol. The van der Waals surface area contributed by atoms with Crippen molar-refractivity contribution < 1.29 is 4.79 Å². The van der Waals surface area contributed by atoms with Crippen LogP contribution in [-0.2, 0) is 0 Å². The Hall–Kier alpha value is -1.31. The topological polar surface area (TPSA) is 80.0 Å². The standard InChI is InChI=1S/C11H13ClN4OS2/c1-5(6-3-4-7(12)18-6)15-10(17)8-9(13)16-11(14-2)19-8/h3-5H,13H2,1-2H3,(H,14,16)(H,15,17). The van der Waals surface area contributed by atoms with Gasteiger partial charge in [0.2, 0.25) is 0 Å². The number of hydrogen-bond acceptors (Lipinski definition) is 6. The SMILES string of the molecule is CNc1nc(N)c(C(=O)NC(C)c2ccc(Cl)s2)s1. The Balaban J connectivity index is 2.10. The highest BCUT2D eigenvalue weighted by Crippen LogP contribution is 2.28. The zero-order valence-electron chi connectivity index (χ0n) is 10.4. The number of thiazole rings is 1. The molecule has 5 nitrogen and oxygen atoms in total. The van der Waals surface area contributed by atoms with E-state index in [1.54, 1.807) is 7.05 Å². The second kappa shape index (κ2) is 5.77. The highest BCUT2D eigenvalue weighted by Gasteiger charge is 2.18. The third kappa shape index (κ3) is 3.17. The molecular weight excluding hydrogens is 304 g/mol. The fourth-order valence-corrected chi connectivity index (χ4v) is 3.30. The summed E-state index contributed by atoms with van der Waals surface area (Å²) in [4.78, 5) is 17.6. The molecule has 4 N–H and O–H groups in total. The fraction of sp³-hybridized carbons (Fsp3) is 0.273. The summed E-state index contributed by atoms with van der Waals surface area (Å²) >= 11 is 8.54. The summed E-state index contributed by atoms with van der Waals surface area (Å²) in [5, 5.41) is 6.36. The van der Waals surface area contributed by atoms with Crippen molar-refractivity contribution in [2.24, 2.45) is 0 Å². The van der Waals surface area contributed by atoms with Gasteiger partial charge in [-0.3, -0.25) is 4.79 Å². The van der Waals surface area contributed by atoms with Gasteiger partial charge in [-0.15, -0.1) is 11.3 Å². The Morgan fingerprint density at radius 1 is 1.47 bits per heavy atom. The number of rotatable bonds is 4. The Labute approximate surface area is 123 Å². The minimum Gasteiger partial charge on any atom is -0.382 e. The van der Waals surface area contributed by atoms with E-state index >= 15 is 0 Å². The average Bonchev–Trinajstić information content (AvgIpc) is 2.95. The minimum atomic E-state index is -0.228. The summed E-state index contributed by atoms with van der Waals surface area (Å²) in [6.07, 6.45) is 0. The number of nitrogens with two attached hydrogens (primary N) is 1. The number of nitrogens with zero attached hydrogens (tertiary/aromatic N) is 1. The fourth-order valence-electron chi connectivity index (χ4n) is 1.50. The molecule has 8 heteroatoms. The third-order valence-electron chi connectivity index (χ3n) is 2.44. The van der Waals surface area contributed by atoms with Crippen molar-refractivity contribution in [2.75, 3.05) is 18.1 Å². The molecule has 19 heavy (non-hydrogen) atoms. The Bertz CT molecular complexity index is 595. The summed E-state index contributed by atoms with van der Waals surface area (Å²) in [5.74, 6) is 0.0109. The number of nitrogens with one attached hydrogen (secondary N) is 2. The molecular formula is C11H13ClN4OS2. The molecule has 0 aliphatic heterocycles. The minimum absolute atomic E-state index is 0.121. The van der Waals surface area contributed by atoms with Gasteiger partial charge in [0.15, 0.2) is 5.13 Å². The second-order valence-corrected chi connectivity index (χ2v) is 6.57. The van der Waals surface area contributed by atoms with Gasteiger partial charge in [-0.25, -0.2) is 4.98 Å². The number of amides is 1. The lowest BCUT2D eigenvalue weighted by Crippen LogP contribution is -2.26. The molecule has 0 saturated heterocycles. The summed E-state index contributed by atoms with van der Waals surface area (Å²) in [6, 6.07) is 3.58. The highest BCUT2D eigenvalue weighted by molar-refractivity contribution is 7.18. The lowest BCUT2D eigenvalue weighted by molar-refractivity contribution is 0.0945. The molecule has 0 spiro atoms. The van der Waals surface area contributed by atoms with Crippen LogP contribution >= 0.6 is 34.3 Å². The molecule has 1 atom stereocenters. The van der Waals surface area contributed by atoms with Crippen LogP contribution in [0.2, 0.25) is 4.34 Å². The van der Waals surface area contributed by atoms with Crippen molar-refractivity contribution in [3.05, 3.63) is 26.2 Å². The maximum Gasteiger partial charge on any atom is 0.265 e. The lowest BCUT2D eigenvalue weighted by Gasteiger charge is -2.11. The van der Waals surface area contributed by atoms with E-state index < -0.39 is 0 Å². The molecule has 0 saturated carbocycles. The first kappa shape index (κ1) is 14.1. The number of thiophene rings is 1. The molecule has 2 aromatic heterocycles. The van der Waals surface area contributed by atoms with Gasteiger partial charge in [0.1, 0.15) is 10.7 Å². The van der Waals surface area contributed by atoms with Gasteiger partial charge in [0.25, 0.3) is 5.91 Å². The van der Waals surface area contributed by atoms with E-state index in [0.717, 1.165) is 4.88 Å². The summed E-state index contributed by atoms with van der Waals surface area (Å²) < 4.78 is 0.700. The number of aromatic nitrogens is 1. The van der Waals surface area contributed by atoms with Crippen LogP contribution in [-0.4, -0.2) is 17.9 Å². The van der Waals surface area contributed by atoms with Crippen LogP contribution in [0.25, 0.3) is 0 Å². The molecule has 0 fully saturated rings. The molecule has 0 aliphatic carbocycles. The summed E-state index contributed by atoms with van der Waals surface area (Å²) in [7, 11) is 1.73. The van der Waals surface area contributed by atoms with Crippen LogP contribution in [0.5, 0.6) is 0 Å². The van der Waals surface area contributed by atoms with E-state index in [-0.39, 0.29) is 17.8 Å². The first-order chi connectivity index (χ1) is 9.01. The highest BCUT2D eigenvalue weighted by atomic mass is 35.5. The van der Waals surface area contributed by atoms with Gasteiger partial charge in [-0.2, -0.15) is 0 Å². The van der Waals surface area contributed by atoms with Crippen LogP contribution < -0.4 is 16.4 Å². The van der Waals surface area contributed by atoms with Gasteiger partial charge in [0, 0.05) is 11.9 Å². The van der Waals surface area contributed by atoms with Crippen molar-refractivity contribution in [1.29, 1.82) is 0 Å². The normalized spacial score (nSPS) is 12.2. The molecule has 0 bridgehead atoms. The number of hydrogen-bond donors (Lipinski definition) is 3. The maximum atomic E-state index is 12.1. The van der Waals surface area contributed by atoms with Crippen LogP contribution in [0.4, 0.5) is 10.9 Å². The van der Waals surface area contributed by atoms with E-state index in [2.05, 4.69) is 15.6 Å². The van der Waals surface area contributed by atoms with Crippen molar-refractivity contribution in [2.45, 2.75) is 13.0 Å². The smallest absolute Gasteiger partial charge is 0.265 e. The maximum absolute atomic E-state index is 12.1. The van der Waals surface area contributed by atoms with Gasteiger partial charge >= 0.3 is 0 Å². The van der Waals surface area contributed by atoms with Gasteiger partial charge in [0.05, 0.1) is 10.4 Å². The molecule has 1 unspecified atom stereocenters. The molecule has 0 aliphatic rings. The van der Waals surface area contributed by atoms with E-state index in [1.165, 1.54) is 22.7 Å². The summed E-state index contributed by atoms with van der Waals surface area (Å²) in [6.45, 7) is 1.90. The van der Waals surface area contributed by atoms with Crippen LogP contribution in [0.15, 0.2) is 12.1 Å². The zero-order valence-corrected chi connectivity index (χ0v) is 12.7. The Morgan fingerprint density at radius 3 is 2.74 bits per heavy atom. The Kier molecular flexibility index (Phi) is 4.28. The zero-order chi connectivity index (χ0) is 14.0. The molecule has 102 valence electrons. The lowest BCUT2D eigenvalue weighted by atomic mass is 10.2. The van der Waals surface area contributed by atoms with Gasteiger partial charge in [-0.05, 0) is 19.1 Å². The van der Waals surface area contributed by atoms with Crippen molar-refractivity contribution in [1.82, 2.24) is 10.3 Å². The monoisotopic (exact) mass is 316 g/mol. The quantitative estimate of drug-likeness (QED) is 0.810. The first-order valence-electron chi connectivity index (χ1n) is 5.51. The molecule has 2 rings (SSSR count). The van der Waals surface area contributed by atoms with E-state index in [0.29, 0.717) is 14.3 Å². The van der Waals surface area contributed by atoms with Gasteiger partial charge in [-0.1, -0.05) is 22.9 Å². The second-order valence-electron chi connectivity index (χ2n) is 3.82. The summed E-state index contributed by atoms with van der Waals surface area (Å²) in [5.41, 5.74) is 5.72. The third-order valence-corrected chi connectivity index (χ3v) is 4.94. The van der Waals surface area contributed by atoms with Crippen LogP contribution in [0, 0.1) is 0 Å². The number of nitrogen functional groups attached to an aromatic ring is 1. The number of carbonyl (C=O) groups is 1. The molecule has 0 aromatic carbocycles. The molecule has 0 radical (unpaired) electrons. The molecule has 2 heterocycles. The predicted octanol–water partition coefficient (Wildman–Crippen LogP) is 2.97. The number of carbonyl (C=O) groups excluding carboxylic acids is 1. The average molecular weight is 317 g/mol. The van der Waals surface area contributed by atoms with E-state index in [1.807, 2.05) is 19.1 Å². The number of anilines is 2. The number of halogens is 1. The molecule has 2 aromatic rings. The first-order valence-corrected chi connectivity index (χ1v) is 7.52. The van der Waals surface area contributed by atoms with Crippen molar-refractivity contribution in [3.63, 3.8) is 0 Å². The molecule has 1 amide bonds. The van der Waals surface area contributed by atoms with E-state index in [9.17, 15) is 4.79 Å². The van der Waals surface area contributed by atoms with Gasteiger partial charge < -0.3 is 16.4 Å². The Morgan fingerprint density at radius 2 is 2.21 bits per heavy atom. The van der Waals surface area contributed by atoms with Crippen molar-refractivity contribution >= 4 is 51.1 Å². The largest absolute Gasteiger partial charge is 0.382 e. The van der Waals surface area contributed by atoms with Crippen LogP contribution in [0.1, 0.15) is 27.5 Å².